The summed E-state index contributed by atoms with van der Waals surface area (Å²) in [7, 11) is 0. The Hall–Kier alpha value is -2.29. The minimum absolute atomic E-state index is 0.0139. The van der Waals surface area contributed by atoms with Crippen molar-refractivity contribution >= 4 is 27.5 Å². The minimum atomic E-state index is -0.329. The van der Waals surface area contributed by atoms with Crippen LogP contribution in [0.25, 0.3) is 15.9 Å². The van der Waals surface area contributed by atoms with E-state index in [1.54, 1.807) is 16.8 Å². The average molecular weight is 415 g/mol. The third-order valence-electron chi connectivity index (χ3n) is 5.60. The molecular formula is C21H22FN3O3S. The second-order valence-electron chi connectivity index (χ2n) is 7.47. The average Bonchev–Trinajstić information content (AvgIpc) is 3.47. The van der Waals surface area contributed by atoms with Crippen molar-refractivity contribution in [3.05, 3.63) is 46.7 Å². The smallest absolute Gasteiger partial charge is 0.264 e. The van der Waals surface area contributed by atoms with E-state index in [2.05, 4.69) is 5.10 Å². The summed E-state index contributed by atoms with van der Waals surface area (Å²) in [4.78, 5) is 16.9. The molecule has 4 heterocycles. The predicted molar refractivity (Wildman–Crippen MR) is 108 cm³/mol. The number of amides is 1. The van der Waals surface area contributed by atoms with Gasteiger partial charge in [0.15, 0.2) is 6.29 Å². The van der Waals surface area contributed by atoms with Crippen LogP contribution in [0.1, 0.15) is 34.6 Å². The van der Waals surface area contributed by atoms with E-state index < -0.39 is 0 Å². The number of halogens is 1. The Morgan fingerprint density at radius 3 is 2.72 bits per heavy atom. The van der Waals surface area contributed by atoms with Gasteiger partial charge in [-0.25, -0.2) is 9.07 Å². The van der Waals surface area contributed by atoms with Gasteiger partial charge >= 0.3 is 0 Å². The summed E-state index contributed by atoms with van der Waals surface area (Å²) in [6.07, 6.45) is 2.62. The number of ether oxygens (including phenoxy) is 2. The number of carbonyl (C=O) groups is 1. The number of benzene rings is 1. The maximum absolute atomic E-state index is 13.4. The molecule has 0 radical (unpaired) electrons. The molecule has 1 atom stereocenters. The van der Waals surface area contributed by atoms with Crippen LogP contribution < -0.4 is 0 Å². The lowest BCUT2D eigenvalue weighted by atomic mass is 10.0. The van der Waals surface area contributed by atoms with Crippen molar-refractivity contribution < 1.29 is 18.7 Å². The number of likely N-dealkylation sites (tertiary alicyclic amines) is 1. The molecule has 1 aromatic carbocycles. The highest BCUT2D eigenvalue weighted by Gasteiger charge is 2.37. The molecule has 2 aliphatic rings. The summed E-state index contributed by atoms with van der Waals surface area (Å²) >= 11 is 1.42. The standard InChI is InChI=1S/C21H22FN3O3S/c1-13-16-12-18(29-20(16)25(23-13)15-7-5-14(22)6-8-15)19(26)24-9-3-2-4-17(24)21-27-10-11-28-21/h5-8,12,17,21H,2-4,9-11H2,1H3. The van der Waals surface area contributed by atoms with Crippen LogP contribution in [0.3, 0.4) is 0 Å². The molecule has 3 aromatic rings. The number of aromatic nitrogens is 2. The lowest BCUT2D eigenvalue weighted by molar-refractivity contribution is -0.100. The van der Waals surface area contributed by atoms with E-state index in [4.69, 9.17) is 9.47 Å². The van der Waals surface area contributed by atoms with Crippen molar-refractivity contribution in [2.24, 2.45) is 0 Å². The van der Waals surface area contributed by atoms with Crippen molar-refractivity contribution in [1.29, 1.82) is 0 Å². The van der Waals surface area contributed by atoms with Crippen LogP contribution in [0.2, 0.25) is 0 Å². The second kappa shape index (κ2) is 7.51. The first-order chi connectivity index (χ1) is 14.1. The third kappa shape index (κ3) is 3.35. The molecule has 8 heteroatoms. The molecule has 2 saturated heterocycles. The first-order valence-electron chi connectivity index (χ1n) is 9.91. The number of thiophene rings is 1. The van der Waals surface area contributed by atoms with Crippen molar-refractivity contribution in [3.8, 4) is 5.69 Å². The van der Waals surface area contributed by atoms with Crippen LogP contribution in [-0.4, -0.2) is 52.7 Å². The summed E-state index contributed by atoms with van der Waals surface area (Å²) in [6.45, 7) is 3.80. The molecule has 1 amide bonds. The quantitative estimate of drug-likeness (QED) is 0.651. The Morgan fingerprint density at radius 1 is 1.21 bits per heavy atom. The largest absolute Gasteiger partial charge is 0.348 e. The zero-order valence-corrected chi connectivity index (χ0v) is 17.0. The van der Waals surface area contributed by atoms with Crippen molar-refractivity contribution in [3.63, 3.8) is 0 Å². The Labute approximate surface area is 171 Å². The minimum Gasteiger partial charge on any atom is -0.348 e. The van der Waals surface area contributed by atoms with E-state index in [1.165, 1.54) is 23.5 Å². The van der Waals surface area contributed by atoms with Gasteiger partial charge in [-0.2, -0.15) is 5.10 Å². The third-order valence-corrected chi connectivity index (χ3v) is 6.70. The summed E-state index contributed by atoms with van der Waals surface area (Å²) in [5, 5.41) is 5.53. The van der Waals surface area contributed by atoms with E-state index in [1.807, 2.05) is 17.9 Å². The highest BCUT2D eigenvalue weighted by atomic mass is 32.1. The fraction of sp³-hybridized carbons (Fsp3) is 0.429. The van der Waals surface area contributed by atoms with Gasteiger partial charge in [0, 0.05) is 11.9 Å². The maximum Gasteiger partial charge on any atom is 0.264 e. The Morgan fingerprint density at radius 2 is 1.97 bits per heavy atom. The van der Waals surface area contributed by atoms with Crippen LogP contribution in [0, 0.1) is 12.7 Å². The van der Waals surface area contributed by atoms with Crippen molar-refractivity contribution in [2.45, 2.75) is 38.5 Å². The molecule has 0 saturated carbocycles. The molecule has 5 rings (SSSR count). The highest BCUT2D eigenvalue weighted by molar-refractivity contribution is 7.20. The molecule has 152 valence electrons. The zero-order valence-electron chi connectivity index (χ0n) is 16.1. The molecule has 2 fully saturated rings. The number of rotatable bonds is 3. The molecule has 0 spiro atoms. The molecule has 0 bridgehead atoms. The number of piperidine rings is 1. The van der Waals surface area contributed by atoms with Gasteiger partial charge < -0.3 is 14.4 Å². The molecule has 0 N–H and O–H groups in total. The molecule has 0 aliphatic carbocycles. The van der Waals surface area contributed by atoms with E-state index >= 15 is 0 Å². The summed E-state index contributed by atoms with van der Waals surface area (Å²) < 4.78 is 26.5. The van der Waals surface area contributed by atoms with Gasteiger partial charge in [-0.1, -0.05) is 0 Å². The highest BCUT2D eigenvalue weighted by Crippen LogP contribution is 2.33. The van der Waals surface area contributed by atoms with Gasteiger partial charge in [0.05, 0.1) is 35.5 Å². The molecular weight excluding hydrogens is 393 g/mol. The summed E-state index contributed by atoms with van der Waals surface area (Å²) in [5.74, 6) is -0.275. The van der Waals surface area contributed by atoms with E-state index in [9.17, 15) is 9.18 Å². The van der Waals surface area contributed by atoms with E-state index in [0.717, 1.165) is 40.9 Å². The summed E-state index contributed by atoms with van der Waals surface area (Å²) in [6, 6.07) is 8.09. The fourth-order valence-corrected chi connectivity index (χ4v) is 5.28. The normalized spacial score (nSPS) is 20.6. The number of nitrogens with zero attached hydrogens (tertiary/aromatic N) is 3. The monoisotopic (exact) mass is 415 g/mol. The zero-order chi connectivity index (χ0) is 20.0. The lowest BCUT2D eigenvalue weighted by Crippen LogP contribution is -2.50. The predicted octanol–water partition coefficient (Wildman–Crippen LogP) is 3.90. The molecule has 2 aromatic heterocycles. The first-order valence-corrected chi connectivity index (χ1v) is 10.7. The molecule has 6 nitrogen and oxygen atoms in total. The number of hydrogen-bond donors (Lipinski definition) is 0. The molecule has 2 aliphatic heterocycles. The Balaban J connectivity index is 1.49. The summed E-state index contributed by atoms with van der Waals surface area (Å²) in [5.41, 5.74) is 1.62. The second-order valence-corrected chi connectivity index (χ2v) is 8.51. The fourth-order valence-electron chi connectivity index (χ4n) is 4.14. The molecule has 1 unspecified atom stereocenters. The maximum atomic E-state index is 13.4. The van der Waals surface area contributed by atoms with Gasteiger partial charge in [0.2, 0.25) is 0 Å². The van der Waals surface area contributed by atoms with Crippen molar-refractivity contribution in [1.82, 2.24) is 14.7 Å². The SMILES string of the molecule is Cc1nn(-c2ccc(F)cc2)c2sc(C(=O)N3CCCCC3C3OCCO3)cc12. The van der Waals surface area contributed by atoms with E-state index in [-0.39, 0.29) is 24.1 Å². The Kier molecular flexibility index (Phi) is 4.85. The number of fused-ring (bicyclic) bond motifs is 1. The Bertz CT molecular complexity index is 1040. The van der Waals surface area contributed by atoms with Gasteiger partial charge in [0.1, 0.15) is 10.6 Å². The molecule has 29 heavy (non-hydrogen) atoms. The van der Waals surface area contributed by atoms with Crippen LogP contribution in [-0.2, 0) is 9.47 Å². The van der Waals surface area contributed by atoms with Crippen LogP contribution in [0.4, 0.5) is 4.39 Å². The first kappa shape index (κ1) is 18.7. The lowest BCUT2D eigenvalue weighted by Gasteiger charge is -2.37. The van der Waals surface area contributed by atoms with Crippen LogP contribution in [0.15, 0.2) is 30.3 Å². The number of hydrogen-bond acceptors (Lipinski definition) is 5. The van der Waals surface area contributed by atoms with Crippen LogP contribution >= 0.6 is 11.3 Å². The van der Waals surface area contributed by atoms with Gasteiger partial charge in [-0.15, -0.1) is 11.3 Å². The number of aryl methyl sites for hydroxylation is 1. The van der Waals surface area contributed by atoms with Gasteiger partial charge in [0.25, 0.3) is 5.91 Å². The van der Waals surface area contributed by atoms with Gasteiger partial charge in [-0.3, -0.25) is 4.79 Å². The van der Waals surface area contributed by atoms with Crippen molar-refractivity contribution in [2.75, 3.05) is 19.8 Å². The van der Waals surface area contributed by atoms with Gasteiger partial charge in [-0.05, 0) is 56.5 Å². The topological polar surface area (TPSA) is 56.6 Å². The number of carbonyl (C=O) groups excluding carboxylic acids is 1. The van der Waals surface area contributed by atoms with E-state index in [0.29, 0.717) is 24.6 Å². The van der Waals surface area contributed by atoms with Crippen LogP contribution in [0.5, 0.6) is 0 Å².